The summed E-state index contributed by atoms with van der Waals surface area (Å²) in [4.78, 5) is 47.4. The van der Waals surface area contributed by atoms with Gasteiger partial charge >= 0.3 is 23.8 Å². The minimum atomic E-state index is -1.21. The van der Waals surface area contributed by atoms with Crippen LogP contribution in [0.2, 0.25) is 0 Å². The second-order valence-electron chi connectivity index (χ2n) is 3.85. The third-order valence-electron chi connectivity index (χ3n) is 2.65. The average molecular weight is 257 g/mol. The summed E-state index contributed by atoms with van der Waals surface area (Å²) >= 11 is 0. The maximum absolute atomic E-state index is 11.6. The smallest absolute Gasteiger partial charge is 0.325 e. The minimum absolute atomic E-state index is 0.0661. The lowest BCUT2D eigenvalue weighted by Crippen LogP contribution is -2.59. The number of amides is 4. The zero-order valence-electron chi connectivity index (χ0n) is 10.2. The number of nitrogens with one attached hydrogen (secondary N) is 1. The van der Waals surface area contributed by atoms with Gasteiger partial charge < -0.3 is 15.3 Å². The van der Waals surface area contributed by atoms with Crippen LogP contribution in [0.25, 0.3) is 0 Å². The van der Waals surface area contributed by atoms with Gasteiger partial charge in [-0.1, -0.05) is 0 Å². The highest BCUT2D eigenvalue weighted by atomic mass is 16.4. The monoisotopic (exact) mass is 257 g/mol. The largest absolute Gasteiger partial charge is 0.480 e. The number of imide groups is 1. The van der Waals surface area contributed by atoms with E-state index in [1.165, 1.54) is 11.8 Å². The number of carbonyl (C=O) groups is 4. The van der Waals surface area contributed by atoms with Crippen molar-refractivity contribution in [2.75, 3.05) is 19.6 Å². The molecule has 0 bridgehead atoms. The highest BCUT2D eigenvalue weighted by Crippen LogP contribution is 2.05. The zero-order chi connectivity index (χ0) is 13.9. The molecule has 1 heterocycles. The van der Waals surface area contributed by atoms with Crippen LogP contribution < -0.4 is 5.32 Å². The normalized spacial score (nSPS) is 17.7. The van der Waals surface area contributed by atoms with Gasteiger partial charge in [-0.15, -0.1) is 0 Å². The molecule has 0 saturated carbocycles. The second-order valence-corrected chi connectivity index (χ2v) is 3.85. The molecular weight excluding hydrogens is 242 g/mol. The molecule has 4 amide bonds. The van der Waals surface area contributed by atoms with Gasteiger partial charge in [-0.2, -0.15) is 0 Å². The molecule has 0 aromatic rings. The first-order valence-corrected chi connectivity index (χ1v) is 5.52. The molecule has 1 atom stereocenters. The third-order valence-corrected chi connectivity index (χ3v) is 2.65. The van der Waals surface area contributed by atoms with Gasteiger partial charge in [-0.3, -0.25) is 19.3 Å². The Morgan fingerprint density at radius 3 is 2.44 bits per heavy atom. The lowest BCUT2D eigenvalue weighted by Gasteiger charge is -2.32. The van der Waals surface area contributed by atoms with E-state index in [1.807, 2.05) is 0 Å². The average Bonchev–Trinajstić information content (AvgIpc) is 2.32. The minimum Gasteiger partial charge on any atom is -0.480 e. The van der Waals surface area contributed by atoms with Crippen LogP contribution in [0.3, 0.4) is 0 Å². The van der Waals surface area contributed by atoms with Crippen LogP contribution in [-0.2, 0) is 14.4 Å². The number of piperazine rings is 1. The highest BCUT2D eigenvalue weighted by molar-refractivity contribution is 6.38. The molecule has 2 N–H and O–H groups in total. The fourth-order valence-electron chi connectivity index (χ4n) is 1.49. The van der Waals surface area contributed by atoms with Crippen molar-refractivity contribution in [3.8, 4) is 0 Å². The summed E-state index contributed by atoms with van der Waals surface area (Å²) in [6.07, 6.45) is 0. The van der Waals surface area contributed by atoms with Crippen LogP contribution >= 0.6 is 0 Å². The molecule has 0 radical (unpaired) electrons. The molecule has 1 rings (SSSR count). The molecule has 100 valence electrons. The van der Waals surface area contributed by atoms with Crippen molar-refractivity contribution in [3.63, 3.8) is 0 Å². The van der Waals surface area contributed by atoms with Crippen molar-refractivity contribution in [3.05, 3.63) is 0 Å². The Labute approximate surface area is 104 Å². The van der Waals surface area contributed by atoms with E-state index in [9.17, 15) is 19.2 Å². The van der Waals surface area contributed by atoms with E-state index in [0.717, 1.165) is 4.90 Å². The molecule has 0 unspecified atom stereocenters. The molecule has 1 aliphatic heterocycles. The van der Waals surface area contributed by atoms with E-state index in [-0.39, 0.29) is 13.1 Å². The van der Waals surface area contributed by atoms with Crippen LogP contribution in [0.5, 0.6) is 0 Å². The highest BCUT2D eigenvalue weighted by Gasteiger charge is 2.36. The Morgan fingerprint density at radius 2 is 1.94 bits per heavy atom. The number of carbonyl (C=O) groups excluding carboxylic acids is 3. The fourth-order valence-corrected chi connectivity index (χ4v) is 1.49. The number of rotatable bonds is 3. The molecule has 18 heavy (non-hydrogen) atoms. The third kappa shape index (κ3) is 2.76. The Hall–Kier alpha value is -2.12. The summed E-state index contributed by atoms with van der Waals surface area (Å²) in [6.45, 7) is 3.72. The lowest BCUT2D eigenvalue weighted by atomic mass is 10.3. The van der Waals surface area contributed by atoms with Gasteiger partial charge in [0.15, 0.2) is 0 Å². The number of hydrogen-bond acceptors (Lipinski definition) is 4. The Morgan fingerprint density at radius 1 is 1.33 bits per heavy atom. The Bertz CT molecular complexity index is 395. The molecule has 1 aliphatic rings. The standard InChI is InChI=1S/C10H15N3O5/c1-3-12-4-5-13(8(15)7(12)14)10(18)11-6(2)9(16)17/h6H,3-5H2,1-2H3,(H,11,18)(H,16,17)/t6-/m0/s1. The molecule has 8 nitrogen and oxygen atoms in total. The molecule has 1 saturated heterocycles. The van der Waals surface area contributed by atoms with Crippen LogP contribution in [0, 0.1) is 0 Å². The zero-order valence-corrected chi connectivity index (χ0v) is 10.2. The van der Waals surface area contributed by atoms with Crippen LogP contribution in [-0.4, -0.2) is 64.4 Å². The molecular formula is C10H15N3O5. The summed E-state index contributed by atoms with van der Waals surface area (Å²) in [5.41, 5.74) is 0. The maximum Gasteiger partial charge on any atom is 0.325 e. The van der Waals surface area contributed by atoms with Gasteiger partial charge in [0.2, 0.25) is 0 Å². The lowest BCUT2D eigenvalue weighted by molar-refractivity contribution is -0.153. The van der Waals surface area contributed by atoms with Crippen molar-refractivity contribution in [1.82, 2.24) is 15.1 Å². The summed E-state index contributed by atoms with van der Waals surface area (Å²) < 4.78 is 0. The van der Waals surface area contributed by atoms with E-state index in [0.29, 0.717) is 6.54 Å². The molecule has 1 fully saturated rings. The van der Waals surface area contributed by atoms with Crippen molar-refractivity contribution in [2.45, 2.75) is 19.9 Å². The topological polar surface area (TPSA) is 107 Å². The number of carboxylic acids is 1. The van der Waals surface area contributed by atoms with Gasteiger partial charge in [0.25, 0.3) is 0 Å². The van der Waals surface area contributed by atoms with Gasteiger partial charge in [0, 0.05) is 19.6 Å². The summed E-state index contributed by atoms with van der Waals surface area (Å²) in [6, 6.07) is -1.98. The molecule has 8 heteroatoms. The van der Waals surface area contributed by atoms with E-state index in [2.05, 4.69) is 5.32 Å². The molecule has 0 aliphatic carbocycles. The first-order chi connectivity index (χ1) is 8.38. The van der Waals surface area contributed by atoms with Crippen molar-refractivity contribution in [2.24, 2.45) is 0 Å². The predicted molar refractivity (Wildman–Crippen MR) is 59.6 cm³/mol. The SMILES string of the molecule is CCN1CCN(C(=O)N[C@@H](C)C(=O)O)C(=O)C1=O. The van der Waals surface area contributed by atoms with Crippen LogP contribution in [0.15, 0.2) is 0 Å². The second kappa shape index (κ2) is 5.48. The number of nitrogens with zero attached hydrogens (tertiary/aromatic N) is 2. The molecule has 0 spiro atoms. The maximum atomic E-state index is 11.6. The van der Waals surface area contributed by atoms with Crippen molar-refractivity contribution < 1.29 is 24.3 Å². The number of likely N-dealkylation sites (N-methyl/N-ethyl adjacent to an activating group) is 1. The molecule has 0 aromatic carbocycles. The number of aliphatic carboxylic acids is 1. The van der Waals surface area contributed by atoms with Crippen LogP contribution in [0.4, 0.5) is 4.79 Å². The Balaban J connectivity index is 2.68. The fraction of sp³-hybridized carbons (Fsp3) is 0.600. The van der Waals surface area contributed by atoms with Gasteiger partial charge in [-0.05, 0) is 13.8 Å². The van der Waals surface area contributed by atoms with Crippen molar-refractivity contribution >= 4 is 23.8 Å². The number of hydrogen-bond donors (Lipinski definition) is 2. The summed E-state index contributed by atoms with van der Waals surface area (Å²) in [5.74, 6) is -2.89. The first kappa shape index (κ1) is 13.9. The number of carboxylic acid groups (broad SMARTS) is 1. The summed E-state index contributed by atoms with van der Waals surface area (Å²) in [7, 11) is 0. The molecule has 0 aromatic heterocycles. The Kier molecular flexibility index (Phi) is 4.24. The van der Waals surface area contributed by atoms with Gasteiger partial charge in [0.05, 0.1) is 0 Å². The van der Waals surface area contributed by atoms with Gasteiger partial charge in [-0.25, -0.2) is 4.79 Å². The van der Waals surface area contributed by atoms with E-state index < -0.39 is 29.9 Å². The van der Waals surface area contributed by atoms with Crippen LogP contribution in [0.1, 0.15) is 13.8 Å². The van der Waals surface area contributed by atoms with Gasteiger partial charge in [0.1, 0.15) is 6.04 Å². The predicted octanol–water partition coefficient (Wildman–Crippen LogP) is -1.14. The van der Waals surface area contributed by atoms with Crippen molar-refractivity contribution in [1.29, 1.82) is 0 Å². The number of urea groups is 1. The summed E-state index contributed by atoms with van der Waals surface area (Å²) in [5, 5.41) is 10.8. The first-order valence-electron chi connectivity index (χ1n) is 5.52. The van der Waals surface area contributed by atoms with E-state index in [4.69, 9.17) is 5.11 Å². The van der Waals surface area contributed by atoms with E-state index >= 15 is 0 Å². The van der Waals surface area contributed by atoms with E-state index in [1.54, 1.807) is 6.92 Å². The quantitative estimate of drug-likeness (QED) is 0.621.